The summed E-state index contributed by atoms with van der Waals surface area (Å²) in [7, 11) is 0. The number of para-hydroxylation sites is 1. The van der Waals surface area contributed by atoms with E-state index >= 15 is 0 Å². The number of benzene rings is 1. The molecule has 1 aromatic heterocycles. The highest BCUT2D eigenvalue weighted by Gasteiger charge is 2.72. The highest BCUT2D eigenvalue weighted by atomic mass is 15.1. The zero-order valence-corrected chi connectivity index (χ0v) is 11.2. The van der Waals surface area contributed by atoms with E-state index in [0.29, 0.717) is 5.41 Å². The van der Waals surface area contributed by atoms with Crippen LogP contribution in [0, 0.1) is 5.41 Å². The average molecular weight is 236 g/mol. The largest absolute Gasteiger partial charge is 0.213 e. The molecule has 90 valence electrons. The van der Waals surface area contributed by atoms with Gasteiger partial charge in [-0.3, -0.25) is 0 Å². The molecule has 4 rings (SSSR count). The Labute approximate surface area is 108 Å². The molecule has 2 atom stereocenters. The van der Waals surface area contributed by atoms with Crippen LogP contribution in [-0.2, 0) is 5.54 Å². The lowest BCUT2D eigenvalue weighted by molar-refractivity contribution is -0.720. The Kier molecular flexibility index (Phi) is 1.63. The van der Waals surface area contributed by atoms with E-state index in [4.69, 9.17) is 0 Å². The van der Waals surface area contributed by atoms with Gasteiger partial charge < -0.3 is 0 Å². The molecule has 2 heterocycles. The molecule has 0 N–H and O–H groups in total. The topological polar surface area (TPSA) is 3.88 Å². The highest BCUT2D eigenvalue weighted by Crippen LogP contribution is 2.64. The molecular formula is C17H18N+. The van der Waals surface area contributed by atoms with Gasteiger partial charge in [0.15, 0.2) is 5.54 Å². The van der Waals surface area contributed by atoms with E-state index in [1.165, 1.54) is 28.6 Å². The van der Waals surface area contributed by atoms with Gasteiger partial charge in [0.2, 0.25) is 11.2 Å². The van der Waals surface area contributed by atoms with Crippen molar-refractivity contribution in [2.75, 3.05) is 0 Å². The molecule has 1 aromatic carbocycles. The van der Waals surface area contributed by atoms with Crippen molar-refractivity contribution in [2.24, 2.45) is 5.41 Å². The van der Waals surface area contributed by atoms with Crippen molar-refractivity contribution >= 4 is 17.0 Å². The maximum atomic E-state index is 2.55. The van der Waals surface area contributed by atoms with Gasteiger partial charge in [-0.15, -0.1) is 0 Å². The predicted molar refractivity (Wildman–Crippen MR) is 74.2 cm³/mol. The highest BCUT2D eigenvalue weighted by molar-refractivity contribution is 5.77. The monoisotopic (exact) mass is 236 g/mol. The summed E-state index contributed by atoms with van der Waals surface area (Å²) in [6, 6.07) is 13.2. The van der Waals surface area contributed by atoms with Crippen molar-refractivity contribution in [1.29, 1.82) is 0 Å². The van der Waals surface area contributed by atoms with Gasteiger partial charge in [0.05, 0.1) is 5.41 Å². The first-order valence-corrected chi connectivity index (χ1v) is 6.69. The van der Waals surface area contributed by atoms with Crippen LogP contribution in [0.3, 0.4) is 0 Å². The maximum Gasteiger partial charge on any atom is 0.213 e. The van der Waals surface area contributed by atoms with E-state index in [-0.39, 0.29) is 5.54 Å². The van der Waals surface area contributed by atoms with Gasteiger partial charge in [0.25, 0.3) is 0 Å². The number of fused-ring (bicyclic) bond motifs is 5. The Hall–Kier alpha value is -1.63. The predicted octanol–water partition coefficient (Wildman–Crippen LogP) is 3.67. The minimum atomic E-state index is 0.266. The van der Waals surface area contributed by atoms with Gasteiger partial charge in [-0.25, -0.2) is 0 Å². The van der Waals surface area contributed by atoms with Gasteiger partial charge in [0.1, 0.15) is 0 Å². The van der Waals surface area contributed by atoms with E-state index in [1.807, 2.05) is 0 Å². The molecular weight excluding hydrogens is 218 g/mol. The van der Waals surface area contributed by atoms with E-state index in [0.717, 1.165) is 0 Å². The summed E-state index contributed by atoms with van der Waals surface area (Å²) in [4.78, 5) is 0. The zero-order valence-electron chi connectivity index (χ0n) is 11.2. The smallest absolute Gasteiger partial charge is 0.186 e. The van der Waals surface area contributed by atoms with E-state index in [9.17, 15) is 0 Å². The fourth-order valence-electron chi connectivity index (χ4n) is 3.80. The third-order valence-electron chi connectivity index (χ3n) is 5.36. The Bertz CT molecular complexity index is 713. The summed E-state index contributed by atoms with van der Waals surface area (Å²) in [5.74, 6) is 0. The van der Waals surface area contributed by atoms with Gasteiger partial charge in [0, 0.05) is 36.9 Å². The Morgan fingerprint density at radius 2 is 1.83 bits per heavy atom. The summed E-state index contributed by atoms with van der Waals surface area (Å²) in [6.07, 6.45) is 3.62. The number of hydrogen-bond donors (Lipinski definition) is 0. The quantitative estimate of drug-likeness (QED) is 0.614. The van der Waals surface area contributed by atoms with Gasteiger partial charge in [-0.05, 0) is 26.0 Å². The first-order chi connectivity index (χ1) is 8.56. The molecule has 18 heavy (non-hydrogen) atoms. The van der Waals surface area contributed by atoms with Crippen LogP contribution < -0.4 is 4.57 Å². The van der Waals surface area contributed by atoms with Crippen molar-refractivity contribution in [3.8, 4) is 0 Å². The van der Waals surface area contributed by atoms with Crippen molar-refractivity contribution in [1.82, 2.24) is 0 Å². The molecule has 1 saturated carbocycles. The van der Waals surface area contributed by atoms with Gasteiger partial charge in [-0.2, -0.15) is 4.57 Å². The summed E-state index contributed by atoms with van der Waals surface area (Å²) >= 11 is 0. The standard InChI is InChI=1S/C17H18N/c1-12-10-14-9-8-13-6-4-5-7-15(13)18(14)17(3)11-16(12,17)2/h4-10H,11H2,1-3H3/q+1. The third-order valence-corrected chi connectivity index (χ3v) is 5.36. The Morgan fingerprint density at radius 1 is 1.06 bits per heavy atom. The van der Waals surface area contributed by atoms with Crippen LogP contribution in [0.25, 0.3) is 17.0 Å². The maximum absolute atomic E-state index is 2.55. The Balaban J connectivity index is 2.15. The number of nitrogens with zero attached hydrogens (tertiary/aromatic N) is 1. The fraction of sp³-hybridized carbons (Fsp3) is 0.353. The second kappa shape index (κ2) is 2.85. The molecule has 1 aliphatic heterocycles. The molecule has 1 nitrogen and oxygen atoms in total. The lowest BCUT2D eigenvalue weighted by atomic mass is 9.89. The second-order valence-corrected chi connectivity index (χ2v) is 6.26. The van der Waals surface area contributed by atoms with Crippen LogP contribution in [0.1, 0.15) is 32.9 Å². The van der Waals surface area contributed by atoms with Crippen molar-refractivity contribution < 1.29 is 4.57 Å². The molecule has 0 radical (unpaired) electrons. The molecule has 1 fully saturated rings. The van der Waals surface area contributed by atoms with Gasteiger partial charge in [-0.1, -0.05) is 17.7 Å². The SMILES string of the molecule is CC1=Cc2ccc3ccccc3[n+]2C2(C)CC12C. The van der Waals surface area contributed by atoms with Crippen LogP contribution in [-0.4, -0.2) is 0 Å². The van der Waals surface area contributed by atoms with E-state index in [1.54, 1.807) is 0 Å². The molecule has 0 spiro atoms. The first-order valence-electron chi connectivity index (χ1n) is 6.69. The summed E-state index contributed by atoms with van der Waals surface area (Å²) in [5.41, 5.74) is 4.87. The third kappa shape index (κ3) is 0.973. The first kappa shape index (κ1) is 10.3. The van der Waals surface area contributed by atoms with E-state index in [2.05, 4.69) is 67.8 Å². The molecule has 0 bridgehead atoms. The zero-order chi connectivity index (χ0) is 12.5. The van der Waals surface area contributed by atoms with E-state index < -0.39 is 0 Å². The number of allylic oxidation sites excluding steroid dienone is 1. The number of hydrogen-bond acceptors (Lipinski definition) is 0. The normalized spacial score (nSPS) is 32.7. The summed E-state index contributed by atoms with van der Waals surface area (Å²) < 4.78 is 2.55. The number of pyridine rings is 1. The number of aromatic nitrogens is 1. The molecule has 2 unspecified atom stereocenters. The van der Waals surface area contributed by atoms with Crippen molar-refractivity contribution in [3.63, 3.8) is 0 Å². The van der Waals surface area contributed by atoms with Crippen LogP contribution in [0.2, 0.25) is 0 Å². The van der Waals surface area contributed by atoms with Crippen molar-refractivity contribution in [3.05, 3.63) is 47.7 Å². The minimum Gasteiger partial charge on any atom is -0.186 e. The Morgan fingerprint density at radius 3 is 2.67 bits per heavy atom. The fourth-order valence-corrected chi connectivity index (χ4v) is 3.80. The molecule has 1 heteroatoms. The van der Waals surface area contributed by atoms with Crippen LogP contribution >= 0.6 is 0 Å². The number of rotatable bonds is 0. The molecule has 2 aliphatic rings. The van der Waals surface area contributed by atoms with Crippen LogP contribution in [0.4, 0.5) is 0 Å². The minimum absolute atomic E-state index is 0.266. The summed E-state index contributed by atoms with van der Waals surface area (Å²) in [6.45, 7) is 7.08. The molecule has 0 saturated heterocycles. The van der Waals surface area contributed by atoms with Crippen LogP contribution in [0.15, 0.2) is 42.0 Å². The lowest BCUT2D eigenvalue weighted by Crippen LogP contribution is -2.52. The molecule has 0 amide bonds. The van der Waals surface area contributed by atoms with Gasteiger partial charge >= 0.3 is 0 Å². The van der Waals surface area contributed by atoms with Crippen LogP contribution in [0.5, 0.6) is 0 Å². The van der Waals surface area contributed by atoms with Crippen molar-refractivity contribution in [2.45, 2.75) is 32.7 Å². The lowest BCUT2D eigenvalue weighted by Gasteiger charge is -2.22. The summed E-state index contributed by atoms with van der Waals surface area (Å²) in [5, 5.41) is 1.34. The average Bonchev–Trinajstić information content (AvgIpc) is 2.94. The molecule has 1 aliphatic carbocycles. The second-order valence-electron chi connectivity index (χ2n) is 6.26. The molecule has 2 aromatic rings.